The van der Waals surface area contributed by atoms with E-state index in [1.165, 1.54) is 0 Å². The Balaban J connectivity index is 2.93. The predicted octanol–water partition coefficient (Wildman–Crippen LogP) is 3.09. The van der Waals surface area contributed by atoms with Gasteiger partial charge >= 0.3 is 0 Å². The summed E-state index contributed by atoms with van der Waals surface area (Å²) in [5, 5.41) is 0. The summed E-state index contributed by atoms with van der Waals surface area (Å²) in [5.41, 5.74) is 6.62. The lowest BCUT2D eigenvalue weighted by molar-refractivity contribution is 0.275. The second-order valence-corrected chi connectivity index (χ2v) is 6.14. The standard InChI is InChI=1S/C14H25N3O/c1-9(2)7-8-18-12-10(3)11(15)16-13(17-12)14(4,5)6/h9H,7-8H2,1-6H3,(H2,15,16,17). The lowest BCUT2D eigenvalue weighted by Gasteiger charge is -2.19. The van der Waals surface area contributed by atoms with E-state index < -0.39 is 0 Å². The largest absolute Gasteiger partial charge is 0.477 e. The maximum Gasteiger partial charge on any atom is 0.221 e. The zero-order valence-corrected chi connectivity index (χ0v) is 12.4. The van der Waals surface area contributed by atoms with E-state index in [0.717, 1.165) is 17.8 Å². The van der Waals surface area contributed by atoms with Gasteiger partial charge in [0.05, 0.1) is 12.2 Å². The van der Waals surface area contributed by atoms with Crippen LogP contribution in [-0.2, 0) is 5.41 Å². The third-order valence-corrected chi connectivity index (χ3v) is 2.74. The molecule has 0 amide bonds. The summed E-state index contributed by atoms with van der Waals surface area (Å²) < 4.78 is 5.73. The molecule has 0 aliphatic heterocycles. The smallest absolute Gasteiger partial charge is 0.221 e. The number of aromatic nitrogens is 2. The number of hydrogen-bond donors (Lipinski definition) is 1. The van der Waals surface area contributed by atoms with E-state index in [0.29, 0.717) is 24.2 Å². The average Bonchev–Trinajstić information content (AvgIpc) is 2.22. The van der Waals surface area contributed by atoms with Crippen LogP contribution in [0.3, 0.4) is 0 Å². The van der Waals surface area contributed by atoms with Gasteiger partial charge in [-0.25, -0.2) is 4.98 Å². The van der Waals surface area contributed by atoms with Gasteiger partial charge in [-0.1, -0.05) is 34.6 Å². The SMILES string of the molecule is Cc1c(N)nc(C(C)(C)C)nc1OCCC(C)C. The zero-order valence-electron chi connectivity index (χ0n) is 12.4. The molecule has 0 saturated carbocycles. The van der Waals surface area contributed by atoms with E-state index >= 15 is 0 Å². The van der Waals surface area contributed by atoms with Crippen molar-refractivity contribution >= 4 is 5.82 Å². The third-order valence-electron chi connectivity index (χ3n) is 2.74. The van der Waals surface area contributed by atoms with Crippen LogP contribution in [0.1, 0.15) is 52.4 Å². The molecule has 1 heterocycles. The fourth-order valence-corrected chi connectivity index (χ4v) is 1.38. The molecule has 1 rings (SSSR count). The van der Waals surface area contributed by atoms with Crippen LogP contribution in [-0.4, -0.2) is 16.6 Å². The fraction of sp³-hybridized carbons (Fsp3) is 0.714. The first-order chi connectivity index (χ1) is 8.21. The summed E-state index contributed by atoms with van der Waals surface area (Å²) in [6.07, 6.45) is 1.01. The molecule has 4 nitrogen and oxygen atoms in total. The Hall–Kier alpha value is -1.32. The van der Waals surface area contributed by atoms with Crippen LogP contribution in [0.5, 0.6) is 5.88 Å². The van der Waals surface area contributed by atoms with Crippen molar-refractivity contribution < 1.29 is 4.74 Å². The molecule has 0 saturated heterocycles. The summed E-state index contributed by atoms with van der Waals surface area (Å²) in [6, 6.07) is 0. The van der Waals surface area contributed by atoms with E-state index in [9.17, 15) is 0 Å². The summed E-state index contributed by atoms with van der Waals surface area (Å²) in [5.74, 6) is 2.47. The molecule has 0 atom stereocenters. The molecule has 0 unspecified atom stereocenters. The number of ether oxygens (including phenoxy) is 1. The molecule has 0 fully saturated rings. The van der Waals surface area contributed by atoms with E-state index in [1.807, 2.05) is 6.92 Å². The highest BCUT2D eigenvalue weighted by atomic mass is 16.5. The summed E-state index contributed by atoms with van der Waals surface area (Å²) in [7, 11) is 0. The van der Waals surface area contributed by atoms with Crippen molar-refractivity contribution in [2.45, 2.75) is 53.4 Å². The van der Waals surface area contributed by atoms with Crippen LogP contribution in [0.2, 0.25) is 0 Å². The van der Waals surface area contributed by atoms with Crippen molar-refractivity contribution in [3.8, 4) is 5.88 Å². The molecular formula is C14H25N3O. The van der Waals surface area contributed by atoms with Crippen LogP contribution in [0.15, 0.2) is 0 Å². The van der Waals surface area contributed by atoms with Crippen LogP contribution in [0.4, 0.5) is 5.82 Å². The van der Waals surface area contributed by atoms with Gasteiger partial charge in [-0.3, -0.25) is 0 Å². The van der Waals surface area contributed by atoms with Gasteiger partial charge in [0.15, 0.2) is 0 Å². The van der Waals surface area contributed by atoms with Crippen LogP contribution in [0.25, 0.3) is 0 Å². The average molecular weight is 251 g/mol. The molecule has 1 aromatic rings. The molecular weight excluding hydrogens is 226 g/mol. The summed E-state index contributed by atoms with van der Waals surface area (Å²) in [4.78, 5) is 8.82. The Morgan fingerprint density at radius 2 is 1.83 bits per heavy atom. The Labute approximate surface area is 110 Å². The Morgan fingerprint density at radius 3 is 2.33 bits per heavy atom. The molecule has 0 aromatic carbocycles. The van der Waals surface area contributed by atoms with Crippen molar-refractivity contribution in [1.82, 2.24) is 9.97 Å². The maximum absolute atomic E-state index is 5.92. The lowest BCUT2D eigenvalue weighted by atomic mass is 9.95. The molecule has 1 aromatic heterocycles. The number of anilines is 1. The second kappa shape index (κ2) is 5.55. The molecule has 18 heavy (non-hydrogen) atoms. The van der Waals surface area contributed by atoms with Crippen molar-refractivity contribution in [2.24, 2.45) is 5.92 Å². The number of nitrogen functional groups attached to an aromatic ring is 1. The summed E-state index contributed by atoms with van der Waals surface area (Å²) in [6.45, 7) is 13.1. The topological polar surface area (TPSA) is 61.0 Å². The molecule has 0 aliphatic rings. The van der Waals surface area contributed by atoms with Gasteiger partial charge in [0, 0.05) is 5.41 Å². The quantitative estimate of drug-likeness (QED) is 0.893. The highest BCUT2D eigenvalue weighted by molar-refractivity contribution is 5.45. The highest BCUT2D eigenvalue weighted by Crippen LogP contribution is 2.26. The van der Waals surface area contributed by atoms with Crippen molar-refractivity contribution in [1.29, 1.82) is 0 Å². The number of rotatable bonds is 4. The van der Waals surface area contributed by atoms with Crippen molar-refractivity contribution in [2.75, 3.05) is 12.3 Å². The third kappa shape index (κ3) is 3.86. The van der Waals surface area contributed by atoms with Gasteiger partial charge < -0.3 is 10.5 Å². The molecule has 2 N–H and O–H groups in total. The van der Waals surface area contributed by atoms with Gasteiger partial charge in [0.25, 0.3) is 0 Å². The monoisotopic (exact) mass is 251 g/mol. The molecule has 0 spiro atoms. The number of nitrogens with two attached hydrogens (primary N) is 1. The number of nitrogens with zero attached hydrogens (tertiary/aromatic N) is 2. The summed E-state index contributed by atoms with van der Waals surface area (Å²) >= 11 is 0. The van der Waals surface area contributed by atoms with Gasteiger partial charge in [-0.05, 0) is 19.3 Å². The fourth-order valence-electron chi connectivity index (χ4n) is 1.38. The molecule has 4 heteroatoms. The Morgan fingerprint density at radius 1 is 1.22 bits per heavy atom. The van der Waals surface area contributed by atoms with E-state index in [-0.39, 0.29) is 5.41 Å². The van der Waals surface area contributed by atoms with Crippen LogP contribution >= 0.6 is 0 Å². The molecule has 0 bridgehead atoms. The molecule has 0 aliphatic carbocycles. The van der Waals surface area contributed by atoms with Crippen molar-refractivity contribution in [3.63, 3.8) is 0 Å². The van der Waals surface area contributed by atoms with Gasteiger partial charge in [0.2, 0.25) is 5.88 Å². The normalized spacial score (nSPS) is 11.9. The Kier molecular flexibility index (Phi) is 4.54. The van der Waals surface area contributed by atoms with Gasteiger partial charge in [-0.2, -0.15) is 4.98 Å². The predicted molar refractivity (Wildman–Crippen MR) is 74.8 cm³/mol. The van der Waals surface area contributed by atoms with Crippen LogP contribution < -0.4 is 10.5 Å². The minimum atomic E-state index is -0.127. The lowest BCUT2D eigenvalue weighted by Crippen LogP contribution is -2.19. The zero-order chi connectivity index (χ0) is 13.9. The Bertz CT molecular complexity index is 408. The first kappa shape index (κ1) is 14.7. The minimum Gasteiger partial charge on any atom is -0.477 e. The van der Waals surface area contributed by atoms with Gasteiger partial charge in [0.1, 0.15) is 11.6 Å². The van der Waals surface area contributed by atoms with Crippen LogP contribution in [0, 0.1) is 12.8 Å². The van der Waals surface area contributed by atoms with Gasteiger partial charge in [-0.15, -0.1) is 0 Å². The first-order valence-electron chi connectivity index (χ1n) is 6.49. The van der Waals surface area contributed by atoms with E-state index in [4.69, 9.17) is 10.5 Å². The molecule has 102 valence electrons. The minimum absolute atomic E-state index is 0.127. The maximum atomic E-state index is 5.92. The first-order valence-corrected chi connectivity index (χ1v) is 6.49. The van der Waals surface area contributed by atoms with E-state index in [2.05, 4.69) is 44.6 Å². The highest BCUT2D eigenvalue weighted by Gasteiger charge is 2.20. The number of hydrogen-bond acceptors (Lipinski definition) is 4. The molecule has 0 radical (unpaired) electrons. The van der Waals surface area contributed by atoms with Crippen molar-refractivity contribution in [3.05, 3.63) is 11.4 Å². The van der Waals surface area contributed by atoms with E-state index in [1.54, 1.807) is 0 Å². The second-order valence-electron chi connectivity index (χ2n) is 6.14.